The second-order valence-corrected chi connectivity index (χ2v) is 6.82. The monoisotopic (exact) mass is 239 g/mol. The molecule has 100 valence electrons. The molecule has 2 rings (SSSR count). The van der Waals surface area contributed by atoms with Crippen LogP contribution in [0, 0.1) is 17.8 Å². The number of ether oxygens (including phenoxy) is 1. The van der Waals surface area contributed by atoms with E-state index in [0.717, 1.165) is 24.2 Å². The van der Waals surface area contributed by atoms with Crippen molar-refractivity contribution in [1.82, 2.24) is 5.32 Å². The van der Waals surface area contributed by atoms with Gasteiger partial charge in [-0.3, -0.25) is 0 Å². The Hall–Kier alpha value is -0.0800. The molecule has 2 aliphatic rings. The first-order chi connectivity index (χ1) is 8.02. The van der Waals surface area contributed by atoms with E-state index >= 15 is 0 Å². The molecule has 0 aromatic carbocycles. The minimum absolute atomic E-state index is 0.00107. The third-order valence-electron chi connectivity index (χ3n) is 4.51. The summed E-state index contributed by atoms with van der Waals surface area (Å²) in [6.45, 7) is 7.86. The highest BCUT2D eigenvalue weighted by Crippen LogP contribution is 2.48. The molecule has 1 N–H and O–H groups in total. The Labute approximate surface area is 107 Å². The summed E-state index contributed by atoms with van der Waals surface area (Å²) in [7, 11) is 1.81. The van der Waals surface area contributed by atoms with Gasteiger partial charge in [-0.25, -0.2) is 0 Å². The highest BCUT2D eigenvalue weighted by atomic mass is 16.5. The molecule has 2 aliphatic carbocycles. The molecule has 1 atom stereocenters. The van der Waals surface area contributed by atoms with E-state index in [1.54, 1.807) is 0 Å². The largest absolute Gasteiger partial charge is 0.379 e. The molecule has 2 nitrogen and oxygen atoms in total. The Bertz CT molecular complexity index is 231. The summed E-state index contributed by atoms with van der Waals surface area (Å²) in [5.41, 5.74) is 0.00107. The maximum atomic E-state index is 5.49. The Balaban J connectivity index is 1.69. The summed E-state index contributed by atoms with van der Waals surface area (Å²) in [4.78, 5) is 0. The lowest BCUT2D eigenvalue weighted by atomic mass is 9.96. The fraction of sp³-hybridized carbons (Fsp3) is 1.00. The Morgan fingerprint density at radius 2 is 1.71 bits per heavy atom. The van der Waals surface area contributed by atoms with Crippen molar-refractivity contribution >= 4 is 0 Å². The van der Waals surface area contributed by atoms with Crippen molar-refractivity contribution in [2.45, 2.75) is 64.5 Å². The second-order valence-electron chi connectivity index (χ2n) is 6.82. The van der Waals surface area contributed by atoms with E-state index in [9.17, 15) is 0 Å². The van der Waals surface area contributed by atoms with Crippen molar-refractivity contribution in [1.29, 1.82) is 0 Å². The molecule has 0 bridgehead atoms. The van der Waals surface area contributed by atoms with Crippen molar-refractivity contribution in [2.24, 2.45) is 17.8 Å². The highest BCUT2D eigenvalue weighted by Gasteiger charge is 2.41. The summed E-state index contributed by atoms with van der Waals surface area (Å²) in [6.07, 6.45) is 7.04. The zero-order valence-corrected chi connectivity index (χ0v) is 12.0. The van der Waals surface area contributed by atoms with Crippen LogP contribution in [0.5, 0.6) is 0 Å². The molecular formula is C15H29NO. The van der Waals surface area contributed by atoms with Crippen LogP contribution in [0.4, 0.5) is 0 Å². The first-order valence-electron chi connectivity index (χ1n) is 7.30. The highest BCUT2D eigenvalue weighted by molar-refractivity contribution is 4.93. The van der Waals surface area contributed by atoms with Gasteiger partial charge in [-0.15, -0.1) is 0 Å². The molecule has 2 fully saturated rings. The third kappa shape index (κ3) is 4.26. The van der Waals surface area contributed by atoms with Crippen molar-refractivity contribution in [2.75, 3.05) is 13.7 Å². The van der Waals surface area contributed by atoms with E-state index in [1.807, 2.05) is 7.11 Å². The SMILES string of the molecule is COC(C)(C)CC(C)NCC(C1CC1)C1CC1. The van der Waals surface area contributed by atoms with Gasteiger partial charge in [0.05, 0.1) is 5.60 Å². The summed E-state index contributed by atoms with van der Waals surface area (Å²) >= 11 is 0. The summed E-state index contributed by atoms with van der Waals surface area (Å²) < 4.78 is 5.49. The molecule has 0 aromatic rings. The van der Waals surface area contributed by atoms with Crippen molar-refractivity contribution in [3.05, 3.63) is 0 Å². The van der Waals surface area contributed by atoms with Gasteiger partial charge in [0.25, 0.3) is 0 Å². The molecule has 0 aromatic heterocycles. The average Bonchev–Trinajstić information content (AvgIpc) is 3.11. The van der Waals surface area contributed by atoms with Crippen molar-refractivity contribution < 1.29 is 4.74 Å². The van der Waals surface area contributed by atoms with Crippen LogP contribution in [0.1, 0.15) is 52.9 Å². The van der Waals surface area contributed by atoms with E-state index in [-0.39, 0.29) is 5.60 Å². The summed E-state index contributed by atoms with van der Waals surface area (Å²) in [5, 5.41) is 3.74. The topological polar surface area (TPSA) is 21.3 Å². The quantitative estimate of drug-likeness (QED) is 0.702. The standard InChI is InChI=1S/C15H29NO/c1-11(9-15(2,3)17-4)16-10-14(12-5-6-12)13-7-8-13/h11-14,16H,5-10H2,1-4H3. The fourth-order valence-corrected chi connectivity index (χ4v) is 3.00. The van der Waals surface area contributed by atoms with Crippen LogP contribution in [-0.2, 0) is 4.74 Å². The van der Waals surface area contributed by atoms with E-state index in [4.69, 9.17) is 4.74 Å². The third-order valence-corrected chi connectivity index (χ3v) is 4.51. The van der Waals surface area contributed by atoms with Crippen LogP contribution in [0.2, 0.25) is 0 Å². The molecule has 0 aliphatic heterocycles. The first kappa shape index (κ1) is 13.4. The molecule has 0 spiro atoms. The minimum atomic E-state index is 0.00107. The predicted octanol–water partition coefficient (Wildman–Crippen LogP) is 3.22. The molecule has 0 heterocycles. The van der Waals surface area contributed by atoms with Crippen molar-refractivity contribution in [3.63, 3.8) is 0 Å². The smallest absolute Gasteiger partial charge is 0.0637 e. The van der Waals surface area contributed by atoms with Gasteiger partial charge in [-0.1, -0.05) is 0 Å². The lowest BCUT2D eigenvalue weighted by Crippen LogP contribution is -2.38. The molecule has 2 saturated carbocycles. The second kappa shape index (κ2) is 5.27. The van der Waals surface area contributed by atoms with Crippen LogP contribution in [0.15, 0.2) is 0 Å². The van der Waals surface area contributed by atoms with Gasteiger partial charge in [-0.05, 0) is 77.2 Å². The molecular weight excluding hydrogens is 210 g/mol. The first-order valence-corrected chi connectivity index (χ1v) is 7.30. The van der Waals surface area contributed by atoms with E-state index in [0.29, 0.717) is 6.04 Å². The van der Waals surface area contributed by atoms with E-state index < -0.39 is 0 Å². The number of methoxy groups -OCH3 is 1. The summed E-state index contributed by atoms with van der Waals surface area (Å²) in [5.74, 6) is 3.08. The zero-order valence-electron chi connectivity index (χ0n) is 12.0. The van der Waals surface area contributed by atoms with Gasteiger partial charge in [0.2, 0.25) is 0 Å². The van der Waals surface area contributed by atoms with Crippen LogP contribution >= 0.6 is 0 Å². The number of rotatable bonds is 8. The predicted molar refractivity (Wildman–Crippen MR) is 72.1 cm³/mol. The number of hydrogen-bond acceptors (Lipinski definition) is 2. The Morgan fingerprint density at radius 3 is 2.12 bits per heavy atom. The average molecular weight is 239 g/mol. The van der Waals surface area contributed by atoms with Crippen LogP contribution in [0.3, 0.4) is 0 Å². The van der Waals surface area contributed by atoms with Gasteiger partial charge < -0.3 is 10.1 Å². The number of hydrogen-bond donors (Lipinski definition) is 1. The molecule has 0 amide bonds. The van der Waals surface area contributed by atoms with Gasteiger partial charge in [0.1, 0.15) is 0 Å². The maximum absolute atomic E-state index is 5.49. The van der Waals surface area contributed by atoms with E-state index in [2.05, 4.69) is 26.1 Å². The van der Waals surface area contributed by atoms with E-state index in [1.165, 1.54) is 32.2 Å². The molecule has 0 radical (unpaired) electrons. The van der Waals surface area contributed by atoms with Crippen LogP contribution in [-0.4, -0.2) is 25.3 Å². The van der Waals surface area contributed by atoms with Crippen LogP contribution < -0.4 is 5.32 Å². The fourth-order valence-electron chi connectivity index (χ4n) is 3.00. The van der Waals surface area contributed by atoms with Gasteiger partial charge in [0.15, 0.2) is 0 Å². The Morgan fingerprint density at radius 1 is 1.18 bits per heavy atom. The summed E-state index contributed by atoms with van der Waals surface area (Å²) in [6, 6.07) is 0.560. The van der Waals surface area contributed by atoms with Gasteiger partial charge in [0, 0.05) is 13.2 Å². The molecule has 0 saturated heterocycles. The van der Waals surface area contributed by atoms with Crippen LogP contribution in [0.25, 0.3) is 0 Å². The molecule has 2 heteroatoms. The zero-order chi connectivity index (χ0) is 12.5. The Kier molecular flexibility index (Phi) is 4.14. The van der Waals surface area contributed by atoms with Gasteiger partial charge in [-0.2, -0.15) is 0 Å². The molecule has 1 unspecified atom stereocenters. The van der Waals surface area contributed by atoms with Crippen molar-refractivity contribution in [3.8, 4) is 0 Å². The molecule has 17 heavy (non-hydrogen) atoms. The van der Waals surface area contributed by atoms with Gasteiger partial charge >= 0.3 is 0 Å². The maximum Gasteiger partial charge on any atom is 0.0637 e. The lowest BCUT2D eigenvalue weighted by Gasteiger charge is -2.28. The minimum Gasteiger partial charge on any atom is -0.379 e. The lowest BCUT2D eigenvalue weighted by molar-refractivity contribution is 0.00817. The normalized spacial score (nSPS) is 23.1. The number of nitrogens with one attached hydrogen (secondary N) is 1.